The van der Waals surface area contributed by atoms with Gasteiger partial charge in [0.25, 0.3) is 0 Å². The molecule has 0 unspecified atom stereocenters. The van der Waals surface area contributed by atoms with E-state index in [0.29, 0.717) is 5.75 Å². The molecule has 0 aliphatic heterocycles. The van der Waals surface area contributed by atoms with E-state index < -0.39 is 0 Å². The second-order valence-electron chi connectivity index (χ2n) is 4.00. The van der Waals surface area contributed by atoms with Crippen LogP contribution in [0.5, 0.6) is 5.75 Å². The summed E-state index contributed by atoms with van der Waals surface area (Å²) >= 11 is 0.971. The third-order valence-corrected chi connectivity index (χ3v) is 3.64. The molecule has 0 aliphatic rings. The predicted octanol–water partition coefficient (Wildman–Crippen LogP) is 1.36. The zero-order valence-corrected chi connectivity index (χ0v) is 11.3. The van der Waals surface area contributed by atoms with Gasteiger partial charge in [-0.25, -0.2) is 0 Å². The molecule has 76 valence electrons. The summed E-state index contributed by atoms with van der Waals surface area (Å²) in [6.07, 6.45) is 0.721. The molecule has 0 saturated heterocycles. The normalized spacial score (nSPS) is 10.4. The van der Waals surface area contributed by atoms with Crippen LogP contribution in [0.15, 0.2) is 42.5 Å². The van der Waals surface area contributed by atoms with Gasteiger partial charge in [-0.3, -0.25) is 0 Å². The SMILES string of the molecule is Nc1cc(Cc2ccccc2O)cc[c]1[Na]. The molecule has 0 amide bonds. The minimum absolute atomic E-state index is 0.344. The molecule has 2 aromatic carbocycles. The van der Waals surface area contributed by atoms with E-state index in [4.69, 9.17) is 5.73 Å². The van der Waals surface area contributed by atoms with Crippen molar-refractivity contribution < 1.29 is 5.11 Å². The van der Waals surface area contributed by atoms with Crippen LogP contribution in [0.1, 0.15) is 11.1 Å². The van der Waals surface area contributed by atoms with E-state index >= 15 is 0 Å². The fourth-order valence-corrected chi connectivity index (χ4v) is 1.99. The van der Waals surface area contributed by atoms with Gasteiger partial charge in [-0.2, -0.15) is 0 Å². The van der Waals surface area contributed by atoms with Gasteiger partial charge in [0, 0.05) is 0 Å². The van der Waals surface area contributed by atoms with Gasteiger partial charge in [-0.15, -0.1) is 0 Å². The maximum absolute atomic E-state index is 9.67. The Labute approximate surface area is 113 Å². The van der Waals surface area contributed by atoms with E-state index in [1.165, 1.54) is 2.81 Å². The summed E-state index contributed by atoms with van der Waals surface area (Å²) in [6.45, 7) is 0. The zero-order chi connectivity index (χ0) is 11.5. The zero-order valence-electron chi connectivity index (χ0n) is 9.27. The Kier molecular flexibility index (Phi) is 3.54. The number of hydrogen-bond acceptors (Lipinski definition) is 2. The third-order valence-electron chi connectivity index (χ3n) is 2.73. The van der Waals surface area contributed by atoms with Gasteiger partial charge in [0.1, 0.15) is 0 Å². The molecule has 0 bridgehead atoms. The number of aromatic hydroxyl groups is 1. The van der Waals surface area contributed by atoms with E-state index in [0.717, 1.165) is 51.2 Å². The molecule has 0 atom stereocenters. The van der Waals surface area contributed by atoms with Gasteiger partial charge in [-0.05, 0) is 0 Å². The van der Waals surface area contributed by atoms with Gasteiger partial charge in [0.2, 0.25) is 0 Å². The minimum atomic E-state index is 0.344. The summed E-state index contributed by atoms with van der Waals surface area (Å²) in [5.41, 5.74) is 8.82. The van der Waals surface area contributed by atoms with Gasteiger partial charge >= 0.3 is 113 Å². The molecule has 3 heteroatoms. The van der Waals surface area contributed by atoms with Crippen LogP contribution >= 0.6 is 0 Å². The molecule has 0 radical (unpaired) electrons. The van der Waals surface area contributed by atoms with Gasteiger partial charge in [-0.1, -0.05) is 0 Å². The molecule has 2 aromatic rings. The first-order chi connectivity index (χ1) is 7.66. The number of benzene rings is 2. The topological polar surface area (TPSA) is 46.2 Å². The summed E-state index contributed by atoms with van der Waals surface area (Å²) < 4.78 is 1.22. The van der Waals surface area contributed by atoms with E-state index in [1.807, 2.05) is 24.3 Å². The number of hydrogen-bond donors (Lipinski definition) is 2. The van der Waals surface area contributed by atoms with Crippen molar-refractivity contribution in [3.8, 4) is 5.75 Å². The van der Waals surface area contributed by atoms with E-state index in [-0.39, 0.29) is 0 Å². The Morgan fingerprint density at radius 2 is 1.88 bits per heavy atom. The first kappa shape index (κ1) is 11.5. The second-order valence-corrected chi connectivity index (χ2v) is 5.07. The Morgan fingerprint density at radius 3 is 2.56 bits per heavy atom. The second kappa shape index (κ2) is 4.91. The first-order valence-corrected chi connectivity index (χ1v) is 6.28. The summed E-state index contributed by atoms with van der Waals surface area (Å²) in [6, 6.07) is 13.5. The fraction of sp³-hybridized carbons (Fsp3) is 0.0769. The molecular formula is C13H12NNaO. The predicted molar refractivity (Wildman–Crippen MR) is 67.2 cm³/mol. The summed E-state index contributed by atoms with van der Waals surface area (Å²) in [5.74, 6) is 0.344. The average Bonchev–Trinajstić information content (AvgIpc) is 2.27. The molecular weight excluding hydrogens is 209 g/mol. The number of phenolic OH excluding ortho intramolecular Hbond substituents is 1. The van der Waals surface area contributed by atoms with E-state index in [2.05, 4.69) is 12.1 Å². The summed E-state index contributed by atoms with van der Waals surface area (Å²) in [5, 5.41) is 9.67. The first-order valence-electron chi connectivity index (χ1n) is 5.28. The monoisotopic (exact) mass is 221 g/mol. The van der Waals surface area contributed by atoms with Crippen molar-refractivity contribution in [1.29, 1.82) is 0 Å². The van der Waals surface area contributed by atoms with Crippen molar-refractivity contribution in [2.75, 3.05) is 5.73 Å². The number of rotatable bonds is 2. The van der Waals surface area contributed by atoms with Crippen LogP contribution < -0.4 is 8.55 Å². The van der Waals surface area contributed by atoms with Crippen molar-refractivity contribution in [1.82, 2.24) is 0 Å². The van der Waals surface area contributed by atoms with Crippen LogP contribution in [0.4, 0.5) is 5.69 Å². The van der Waals surface area contributed by atoms with E-state index in [9.17, 15) is 5.11 Å². The molecule has 3 N–H and O–H groups in total. The van der Waals surface area contributed by atoms with Gasteiger partial charge in [0.05, 0.1) is 0 Å². The number of para-hydroxylation sites is 1. The van der Waals surface area contributed by atoms with E-state index in [1.54, 1.807) is 6.07 Å². The third kappa shape index (κ3) is 2.59. The molecule has 16 heavy (non-hydrogen) atoms. The Morgan fingerprint density at radius 1 is 1.12 bits per heavy atom. The van der Waals surface area contributed by atoms with Crippen molar-refractivity contribution in [3.05, 3.63) is 53.6 Å². The number of anilines is 1. The van der Waals surface area contributed by atoms with Crippen LogP contribution in [-0.2, 0) is 6.42 Å². The van der Waals surface area contributed by atoms with Crippen molar-refractivity contribution in [2.45, 2.75) is 6.42 Å². The standard InChI is InChI=1S/C13H12NO.Na/c14-12-6-3-4-10(9-12)8-11-5-1-2-7-13(11)15;/h1-5,7,9,15H,8,14H2;. The van der Waals surface area contributed by atoms with Crippen molar-refractivity contribution in [3.63, 3.8) is 0 Å². The average molecular weight is 221 g/mol. The number of nitrogens with two attached hydrogens (primary N) is 1. The summed E-state index contributed by atoms with van der Waals surface area (Å²) in [4.78, 5) is 0. The molecule has 2 nitrogen and oxygen atoms in total. The van der Waals surface area contributed by atoms with Crippen LogP contribution in [0.25, 0.3) is 0 Å². The Balaban J connectivity index is 2.28. The molecule has 0 aromatic heterocycles. The Bertz CT molecular complexity index is 511. The van der Waals surface area contributed by atoms with Gasteiger partial charge in [0.15, 0.2) is 0 Å². The van der Waals surface area contributed by atoms with Crippen LogP contribution in [0.3, 0.4) is 0 Å². The molecule has 2 rings (SSSR count). The summed E-state index contributed by atoms with van der Waals surface area (Å²) in [7, 11) is 0. The number of phenols is 1. The van der Waals surface area contributed by atoms with Crippen LogP contribution in [0, 0.1) is 0 Å². The van der Waals surface area contributed by atoms with Crippen LogP contribution in [0.2, 0.25) is 0 Å². The van der Waals surface area contributed by atoms with Crippen molar-refractivity contribution >= 4 is 36.4 Å². The molecule has 0 fully saturated rings. The fourth-order valence-electron chi connectivity index (χ4n) is 1.68. The van der Waals surface area contributed by atoms with Gasteiger partial charge < -0.3 is 0 Å². The van der Waals surface area contributed by atoms with Crippen LogP contribution in [-0.4, -0.2) is 33.0 Å². The quantitative estimate of drug-likeness (QED) is 0.594. The molecule has 0 aliphatic carbocycles. The molecule has 0 heterocycles. The molecule has 0 saturated carbocycles. The maximum atomic E-state index is 9.67. The molecule has 0 spiro atoms. The Hall–Kier alpha value is -0.960. The van der Waals surface area contributed by atoms with Crippen molar-refractivity contribution in [2.24, 2.45) is 0 Å². The number of nitrogen functional groups attached to an aromatic ring is 1.